The summed E-state index contributed by atoms with van der Waals surface area (Å²) >= 11 is 0. The summed E-state index contributed by atoms with van der Waals surface area (Å²) in [6.45, 7) is 3.26. The van der Waals surface area contributed by atoms with Crippen molar-refractivity contribution in [2.24, 2.45) is 0 Å². The zero-order valence-corrected chi connectivity index (χ0v) is 17.8. The van der Waals surface area contributed by atoms with Gasteiger partial charge in [-0.15, -0.1) is 0 Å². The van der Waals surface area contributed by atoms with Gasteiger partial charge in [-0.1, -0.05) is 71.1 Å². The highest BCUT2D eigenvalue weighted by atomic mass is 16.5. The van der Waals surface area contributed by atoms with Gasteiger partial charge in [0.1, 0.15) is 0 Å². The second-order valence-corrected chi connectivity index (χ2v) is 7.61. The molecule has 6 heteroatoms. The number of ketones is 2. The summed E-state index contributed by atoms with van der Waals surface area (Å²) in [6, 6.07) is 0. The molecule has 0 heterocycles. The number of hydrogen-bond donors (Lipinski definition) is 2. The van der Waals surface area contributed by atoms with Gasteiger partial charge in [-0.05, 0) is 19.3 Å². The van der Waals surface area contributed by atoms with Crippen LogP contribution in [0.5, 0.6) is 0 Å². The van der Waals surface area contributed by atoms with Crippen molar-refractivity contribution in [1.82, 2.24) is 5.32 Å². The lowest BCUT2D eigenvalue weighted by Gasteiger charge is -2.17. The van der Waals surface area contributed by atoms with Gasteiger partial charge in [-0.25, -0.2) is 0 Å². The van der Waals surface area contributed by atoms with Crippen molar-refractivity contribution in [3.63, 3.8) is 0 Å². The van der Waals surface area contributed by atoms with Gasteiger partial charge in [0.05, 0.1) is 12.3 Å². The van der Waals surface area contributed by atoms with Crippen LogP contribution < -0.4 is 5.32 Å². The first kappa shape index (κ1) is 24.9. The third-order valence-corrected chi connectivity index (χ3v) is 5.17. The van der Waals surface area contributed by atoms with Crippen LogP contribution in [0.25, 0.3) is 0 Å². The van der Waals surface area contributed by atoms with E-state index >= 15 is 0 Å². The molecule has 0 fully saturated rings. The number of allylic oxidation sites excluding steroid dienone is 2. The summed E-state index contributed by atoms with van der Waals surface area (Å²) in [7, 11) is 0. The number of carbonyl (C=O) groups excluding carboxylic acids is 3. The molecule has 1 aliphatic carbocycles. The van der Waals surface area contributed by atoms with E-state index in [1.165, 1.54) is 51.4 Å². The summed E-state index contributed by atoms with van der Waals surface area (Å²) in [5.74, 6) is -1.27. The number of hydrogen-bond acceptors (Lipinski definition) is 6. The van der Waals surface area contributed by atoms with Crippen LogP contribution in [0, 0.1) is 0 Å². The highest BCUT2D eigenvalue weighted by molar-refractivity contribution is 6.21. The first-order valence-corrected chi connectivity index (χ1v) is 11.1. The molecular weight excluding hydrogens is 370 g/mol. The Morgan fingerprint density at radius 2 is 1.52 bits per heavy atom. The first-order chi connectivity index (χ1) is 14.1. The number of Topliss-reactive ketones (excluding diaryl/α,β-unsaturated/α-hetero) is 1. The standard InChI is InChI=1S/C23H37NO5/c1-2-3-4-5-6-7-8-9-10-11-12-14-19-22(27)20(17-21(26)23(19)28)24-15-13-16-29-18-25/h17-18,24,28H,2-16H2,1H3. The van der Waals surface area contributed by atoms with Gasteiger partial charge in [0.15, 0.2) is 5.76 Å². The quantitative estimate of drug-likeness (QED) is 0.195. The van der Waals surface area contributed by atoms with E-state index in [0.29, 0.717) is 25.9 Å². The average Bonchev–Trinajstić information content (AvgIpc) is 2.71. The Balaban J connectivity index is 2.23. The molecule has 0 atom stereocenters. The lowest BCUT2D eigenvalue weighted by molar-refractivity contribution is -0.128. The van der Waals surface area contributed by atoms with Crippen LogP contribution in [0.4, 0.5) is 0 Å². The molecule has 0 saturated carbocycles. The molecule has 164 valence electrons. The molecule has 0 aromatic carbocycles. The zero-order valence-electron chi connectivity index (χ0n) is 17.8. The monoisotopic (exact) mass is 407 g/mol. The van der Waals surface area contributed by atoms with E-state index in [2.05, 4.69) is 17.0 Å². The molecule has 0 aromatic rings. The summed E-state index contributed by atoms with van der Waals surface area (Å²) in [5, 5.41) is 12.9. The van der Waals surface area contributed by atoms with E-state index in [0.717, 1.165) is 25.3 Å². The predicted molar refractivity (Wildman–Crippen MR) is 113 cm³/mol. The Labute approximate surface area is 174 Å². The molecule has 0 amide bonds. The van der Waals surface area contributed by atoms with Crippen molar-refractivity contribution < 1.29 is 24.2 Å². The Morgan fingerprint density at radius 3 is 2.10 bits per heavy atom. The maximum Gasteiger partial charge on any atom is 0.293 e. The molecular formula is C23H37NO5. The van der Waals surface area contributed by atoms with E-state index in [1.54, 1.807) is 0 Å². The van der Waals surface area contributed by atoms with Crippen LogP contribution in [0.3, 0.4) is 0 Å². The molecule has 1 aliphatic rings. The zero-order chi connectivity index (χ0) is 21.3. The van der Waals surface area contributed by atoms with Crippen LogP contribution in [-0.2, 0) is 19.1 Å². The molecule has 6 nitrogen and oxygen atoms in total. The summed E-state index contributed by atoms with van der Waals surface area (Å²) in [6.07, 6.45) is 15.3. The fourth-order valence-electron chi connectivity index (χ4n) is 3.44. The highest BCUT2D eigenvalue weighted by Crippen LogP contribution is 2.22. The van der Waals surface area contributed by atoms with Crippen LogP contribution in [0.1, 0.15) is 90.4 Å². The lowest BCUT2D eigenvalue weighted by atomic mass is 9.93. The van der Waals surface area contributed by atoms with Gasteiger partial charge in [-0.3, -0.25) is 14.4 Å². The number of rotatable bonds is 18. The Hall–Kier alpha value is -2.11. The van der Waals surface area contributed by atoms with Gasteiger partial charge in [0, 0.05) is 18.2 Å². The molecule has 0 aromatic heterocycles. The lowest BCUT2D eigenvalue weighted by Crippen LogP contribution is -2.29. The third-order valence-electron chi connectivity index (χ3n) is 5.17. The molecule has 0 spiro atoms. The largest absolute Gasteiger partial charge is 0.504 e. The van der Waals surface area contributed by atoms with E-state index < -0.39 is 11.5 Å². The van der Waals surface area contributed by atoms with Gasteiger partial charge in [0.25, 0.3) is 6.47 Å². The number of aliphatic hydroxyl groups is 1. The smallest absolute Gasteiger partial charge is 0.293 e. The molecule has 29 heavy (non-hydrogen) atoms. The molecule has 2 N–H and O–H groups in total. The number of ether oxygens (including phenoxy) is 1. The van der Waals surface area contributed by atoms with Crippen molar-refractivity contribution in [2.75, 3.05) is 13.2 Å². The minimum atomic E-state index is -0.533. The van der Waals surface area contributed by atoms with E-state index in [1.807, 2.05) is 0 Å². The maximum atomic E-state index is 12.5. The van der Waals surface area contributed by atoms with E-state index in [9.17, 15) is 19.5 Å². The first-order valence-electron chi connectivity index (χ1n) is 11.1. The van der Waals surface area contributed by atoms with Gasteiger partial charge in [-0.2, -0.15) is 0 Å². The van der Waals surface area contributed by atoms with Crippen molar-refractivity contribution in [3.05, 3.63) is 23.1 Å². The fraction of sp³-hybridized carbons (Fsp3) is 0.696. The van der Waals surface area contributed by atoms with Crippen LogP contribution >= 0.6 is 0 Å². The molecule has 0 saturated heterocycles. The van der Waals surface area contributed by atoms with Crippen molar-refractivity contribution >= 4 is 18.0 Å². The van der Waals surface area contributed by atoms with Gasteiger partial charge in [0.2, 0.25) is 11.6 Å². The third kappa shape index (κ3) is 10.3. The van der Waals surface area contributed by atoms with Crippen molar-refractivity contribution in [1.29, 1.82) is 0 Å². The molecule has 1 rings (SSSR count). The Bertz CT molecular complexity index is 580. The molecule has 0 bridgehead atoms. The van der Waals surface area contributed by atoms with Gasteiger partial charge >= 0.3 is 0 Å². The summed E-state index contributed by atoms with van der Waals surface area (Å²) in [4.78, 5) is 34.6. The van der Waals surface area contributed by atoms with E-state index in [4.69, 9.17) is 0 Å². The number of unbranched alkanes of at least 4 members (excludes halogenated alkanes) is 10. The van der Waals surface area contributed by atoms with Crippen molar-refractivity contribution in [2.45, 2.75) is 90.4 Å². The topological polar surface area (TPSA) is 92.7 Å². The normalized spacial score (nSPS) is 14.2. The van der Waals surface area contributed by atoms with Crippen LogP contribution in [-0.4, -0.2) is 36.3 Å². The maximum absolute atomic E-state index is 12.5. The molecule has 0 aliphatic heterocycles. The average molecular weight is 408 g/mol. The SMILES string of the molecule is CCCCCCCCCCCCCC1=C(O)C(=O)C=C(NCCCOC=O)C1=O. The Morgan fingerprint density at radius 1 is 0.931 bits per heavy atom. The van der Waals surface area contributed by atoms with E-state index in [-0.39, 0.29) is 23.7 Å². The number of aliphatic hydroxyl groups excluding tert-OH is 1. The molecule has 0 radical (unpaired) electrons. The predicted octanol–water partition coefficient (Wildman–Crippen LogP) is 4.69. The fourth-order valence-corrected chi connectivity index (χ4v) is 3.44. The van der Waals surface area contributed by atoms with Crippen LogP contribution in [0.15, 0.2) is 23.1 Å². The minimum Gasteiger partial charge on any atom is -0.504 e. The summed E-state index contributed by atoms with van der Waals surface area (Å²) < 4.78 is 4.59. The summed E-state index contributed by atoms with van der Waals surface area (Å²) in [5.41, 5.74) is 0.414. The van der Waals surface area contributed by atoms with Crippen molar-refractivity contribution in [3.8, 4) is 0 Å². The highest BCUT2D eigenvalue weighted by Gasteiger charge is 2.27. The number of carbonyl (C=O) groups is 3. The Kier molecular flexibility index (Phi) is 13.6. The second kappa shape index (κ2) is 15.8. The number of nitrogens with one attached hydrogen (secondary N) is 1. The van der Waals surface area contributed by atoms with Gasteiger partial charge < -0.3 is 15.2 Å². The minimum absolute atomic E-state index is 0.206. The molecule has 0 unspecified atom stereocenters. The second-order valence-electron chi connectivity index (χ2n) is 7.61. The van der Waals surface area contributed by atoms with Crippen LogP contribution in [0.2, 0.25) is 0 Å².